The minimum Gasteiger partial charge on any atom is -0.468 e. The number of carbonyl (C=O) groups excluding carboxylic acids is 1. The van der Waals surface area contributed by atoms with E-state index in [-0.39, 0.29) is 12.0 Å². The van der Waals surface area contributed by atoms with Crippen LogP contribution in [-0.4, -0.2) is 19.1 Å². The lowest BCUT2D eigenvalue weighted by Gasteiger charge is -2.27. The lowest BCUT2D eigenvalue weighted by Crippen LogP contribution is -2.40. The quantitative estimate of drug-likeness (QED) is 0.838. The summed E-state index contributed by atoms with van der Waals surface area (Å²) in [6, 6.07) is 2.31. The van der Waals surface area contributed by atoms with E-state index in [1.807, 2.05) is 18.3 Å². The van der Waals surface area contributed by atoms with Crippen LogP contribution in [0, 0.1) is 0 Å². The Kier molecular flexibility index (Phi) is 4.18. The van der Waals surface area contributed by atoms with Gasteiger partial charge in [0, 0.05) is 10.9 Å². The molecule has 0 fully saturated rings. The Balaban J connectivity index is 2.07. The zero-order valence-corrected chi connectivity index (χ0v) is 11.2. The molecule has 0 amide bonds. The van der Waals surface area contributed by atoms with Gasteiger partial charge in [0.1, 0.15) is 6.04 Å². The molecule has 0 aliphatic heterocycles. The fourth-order valence-electron chi connectivity index (χ4n) is 2.40. The minimum atomic E-state index is -0.184. The smallest absolute Gasteiger partial charge is 0.322 e. The molecule has 0 spiro atoms. The molecule has 1 heterocycles. The second-order valence-electron chi connectivity index (χ2n) is 4.39. The van der Waals surface area contributed by atoms with Gasteiger partial charge < -0.3 is 4.74 Å². The summed E-state index contributed by atoms with van der Waals surface area (Å²) < 4.78 is 4.82. The highest BCUT2D eigenvalue weighted by molar-refractivity contribution is 7.10. The third kappa shape index (κ3) is 2.69. The summed E-state index contributed by atoms with van der Waals surface area (Å²) >= 11 is 1.82. The van der Waals surface area contributed by atoms with Crippen LogP contribution in [0.25, 0.3) is 0 Å². The predicted molar refractivity (Wildman–Crippen MR) is 69.2 cm³/mol. The van der Waals surface area contributed by atoms with E-state index in [0.717, 1.165) is 12.8 Å². The first-order valence-electron chi connectivity index (χ1n) is 6.16. The molecule has 4 heteroatoms. The lowest BCUT2D eigenvalue weighted by molar-refractivity contribution is -0.143. The van der Waals surface area contributed by atoms with Crippen LogP contribution in [0.5, 0.6) is 0 Å². The topological polar surface area (TPSA) is 38.3 Å². The van der Waals surface area contributed by atoms with Crippen LogP contribution in [0.15, 0.2) is 11.4 Å². The van der Waals surface area contributed by atoms with E-state index in [1.54, 1.807) is 0 Å². The highest BCUT2D eigenvalue weighted by Crippen LogP contribution is 2.33. The van der Waals surface area contributed by atoms with Crippen LogP contribution in [0.4, 0.5) is 0 Å². The summed E-state index contributed by atoms with van der Waals surface area (Å²) in [4.78, 5) is 13.1. The zero-order chi connectivity index (χ0) is 12.3. The average molecular weight is 253 g/mol. The number of carbonyl (C=O) groups is 1. The molecule has 0 saturated carbocycles. The third-order valence-corrected chi connectivity index (χ3v) is 4.34. The number of aryl methyl sites for hydroxylation is 1. The minimum absolute atomic E-state index is 0.158. The maximum atomic E-state index is 11.6. The number of ether oxygens (including phenoxy) is 1. The molecule has 0 bridgehead atoms. The first-order chi connectivity index (χ1) is 8.26. The van der Waals surface area contributed by atoms with Gasteiger partial charge >= 0.3 is 5.97 Å². The highest BCUT2D eigenvalue weighted by Gasteiger charge is 2.26. The zero-order valence-electron chi connectivity index (χ0n) is 10.4. The molecular weight excluding hydrogens is 234 g/mol. The maximum Gasteiger partial charge on any atom is 0.322 e. The van der Waals surface area contributed by atoms with Crippen LogP contribution in [-0.2, 0) is 16.0 Å². The molecule has 0 saturated heterocycles. The van der Waals surface area contributed by atoms with Gasteiger partial charge in [-0.1, -0.05) is 6.92 Å². The fraction of sp³-hybridized carbons (Fsp3) is 0.615. The molecule has 1 aliphatic rings. The van der Waals surface area contributed by atoms with Crippen molar-refractivity contribution in [3.05, 3.63) is 21.9 Å². The van der Waals surface area contributed by atoms with Crippen molar-refractivity contribution in [3.8, 4) is 0 Å². The molecule has 1 aromatic heterocycles. The predicted octanol–water partition coefficient (Wildman–Crippen LogP) is 2.67. The standard InChI is InChI=1S/C13H19NO2S/c1-3-10(13(15)16-2)14-11-5-4-6-12-9(11)7-8-17-12/h7-8,10-11,14H,3-6H2,1-2H3/t10-,11-/m1/s1. The van der Waals surface area contributed by atoms with Crippen molar-refractivity contribution in [2.75, 3.05) is 7.11 Å². The number of methoxy groups -OCH3 is 1. The van der Waals surface area contributed by atoms with Gasteiger partial charge in [-0.25, -0.2) is 0 Å². The van der Waals surface area contributed by atoms with Gasteiger partial charge in [-0.2, -0.15) is 0 Å². The summed E-state index contributed by atoms with van der Waals surface area (Å²) in [6.45, 7) is 2.01. The summed E-state index contributed by atoms with van der Waals surface area (Å²) in [5.74, 6) is -0.158. The molecule has 17 heavy (non-hydrogen) atoms. The van der Waals surface area contributed by atoms with Crippen LogP contribution in [0.1, 0.15) is 42.7 Å². The first kappa shape index (κ1) is 12.6. The van der Waals surface area contributed by atoms with Gasteiger partial charge in [0.05, 0.1) is 7.11 Å². The molecule has 0 unspecified atom stereocenters. The molecule has 1 aliphatic carbocycles. The normalized spacial score (nSPS) is 20.7. The van der Waals surface area contributed by atoms with E-state index >= 15 is 0 Å². The molecule has 0 aromatic carbocycles. The van der Waals surface area contributed by atoms with Crippen molar-refractivity contribution in [2.24, 2.45) is 0 Å². The van der Waals surface area contributed by atoms with Gasteiger partial charge in [-0.05, 0) is 42.7 Å². The Labute approximate surface area is 106 Å². The average Bonchev–Trinajstić information content (AvgIpc) is 2.83. The van der Waals surface area contributed by atoms with Crippen molar-refractivity contribution in [1.82, 2.24) is 5.32 Å². The van der Waals surface area contributed by atoms with Gasteiger partial charge in [0.2, 0.25) is 0 Å². The number of rotatable bonds is 4. The Morgan fingerprint density at radius 2 is 2.53 bits per heavy atom. The lowest BCUT2D eigenvalue weighted by atomic mass is 9.93. The largest absolute Gasteiger partial charge is 0.468 e. The van der Waals surface area contributed by atoms with Crippen molar-refractivity contribution in [1.29, 1.82) is 0 Å². The highest BCUT2D eigenvalue weighted by atomic mass is 32.1. The van der Waals surface area contributed by atoms with Crippen molar-refractivity contribution in [2.45, 2.75) is 44.7 Å². The van der Waals surface area contributed by atoms with E-state index in [4.69, 9.17) is 4.74 Å². The van der Waals surface area contributed by atoms with Crippen LogP contribution in [0.2, 0.25) is 0 Å². The second kappa shape index (κ2) is 5.65. The Morgan fingerprint density at radius 1 is 1.71 bits per heavy atom. The monoisotopic (exact) mass is 253 g/mol. The maximum absolute atomic E-state index is 11.6. The number of nitrogens with one attached hydrogen (secondary N) is 1. The number of esters is 1. The number of hydrogen-bond acceptors (Lipinski definition) is 4. The molecular formula is C13H19NO2S. The first-order valence-corrected chi connectivity index (χ1v) is 7.04. The van der Waals surface area contributed by atoms with Crippen molar-refractivity contribution >= 4 is 17.3 Å². The molecule has 0 radical (unpaired) electrons. The van der Waals surface area contributed by atoms with Crippen LogP contribution >= 0.6 is 11.3 Å². The number of thiophene rings is 1. The van der Waals surface area contributed by atoms with E-state index in [2.05, 4.69) is 16.8 Å². The van der Waals surface area contributed by atoms with Crippen molar-refractivity contribution in [3.63, 3.8) is 0 Å². The SMILES string of the molecule is CC[C@@H](N[C@@H]1CCCc2sccc21)C(=O)OC. The molecule has 3 nitrogen and oxygen atoms in total. The summed E-state index contributed by atoms with van der Waals surface area (Å²) in [5, 5.41) is 5.57. The van der Waals surface area contributed by atoms with E-state index < -0.39 is 0 Å². The van der Waals surface area contributed by atoms with Gasteiger partial charge in [-0.15, -0.1) is 11.3 Å². The van der Waals surface area contributed by atoms with Crippen LogP contribution < -0.4 is 5.32 Å². The Morgan fingerprint density at radius 3 is 3.24 bits per heavy atom. The molecule has 1 aromatic rings. The summed E-state index contributed by atoms with van der Waals surface area (Å²) in [6.07, 6.45) is 4.25. The van der Waals surface area contributed by atoms with E-state index in [0.29, 0.717) is 6.04 Å². The number of hydrogen-bond donors (Lipinski definition) is 1. The molecule has 94 valence electrons. The van der Waals surface area contributed by atoms with E-state index in [9.17, 15) is 4.79 Å². The van der Waals surface area contributed by atoms with Gasteiger partial charge in [0.25, 0.3) is 0 Å². The van der Waals surface area contributed by atoms with Crippen LogP contribution in [0.3, 0.4) is 0 Å². The van der Waals surface area contributed by atoms with Gasteiger partial charge in [-0.3, -0.25) is 10.1 Å². The number of fused-ring (bicyclic) bond motifs is 1. The summed E-state index contributed by atoms with van der Waals surface area (Å²) in [5.41, 5.74) is 1.38. The fourth-order valence-corrected chi connectivity index (χ4v) is 3.38. The molecule has 2 atom stereocenters. The van der Waals surface area contributed by atoms with Crippen molar-refractivity contribution < 1.29 is 9.53 Å². The molecule has 1 N–H and O–H groups in total. The Hall–Kier alpha value is -0.870. The molecule has 2 rings (SSSR count). The summed E-state index contributed by atoms with van der Waals surface area (Å²) in [7, 11) is 1.45. The van der Waals surface area contributed by atoms with Gasteiger partial charge in [0.15, 0.2) is 0 Å². The Bertz CT molecular complexity index is 389. The van der Waals surface area contributed by atoms with E-state index in [1.165, 1.54) is 30.4 Å². The third-order valence-electron chi connectivity index (χ3n) is 3.35. The second-order valence-corrected chi connectivity index (χ2v) is 5.40.